The minimum Gasteiger partial charge on any atom is -0.455 e. The first-order valence-corrected chi connectivity index (χ1v) is 16.6. The van der Waals surface area contributed by atoms with Crippen molar-refractivity contribution in [2.75, 3.05) is 0 Å². The van der Waals surface area contributed by atoms with Gasteiger partial charge in [0.2, 0.25) is 5.89 Å². The Balaban J connectivity index is 1.14. The van der Waals surface area contributed by atoms with Gasteiger partial charge in [0.05, 0.1) is 22.1 Å². The third-order valence-corrected chi connectivity index (χ3v) is 10.0. The van der Waals surface area contributed by atoms with Gasteiger partial charge in [0, 0.05) is 32.7 Å². The summed E-state index contributed by atoms with van der Waals surface area (Å²) in [6.07, 6.45) is 0. The molecule has 4 heteroatoms. The Morgan fingerprint density at radius 1 is 0.429 bits per heavy atom. The molecule has 0 bridgehead atoms. The van der Waals surface area contributed by atoms with Crippen LogP contribution in [0, 0.1) is 0 Å². The zero-order chi connectivity index (χ0) is 32.1. The third kappa shape index (κ3) is 3.71. The largest absolute Gasteiger partial charge is 0.455 e. The lowest BCUT2D eigenvalue weighted by Crippen LogP contribution is -1.96. The van der Waals surface area contributed by atoms with E-state index in [4.69, 9.17) is 13.8 Å². The van der Waals surface area contributed by atoms with E-state index in [1.165, 1.54) is 32.6 Å². The molecule has 3 heterocycles. The molecule has 0 amide bonds. The molecule has 228 valence electrons. The number of nitrogens with zero attached hydrogens (tertiary/aromatic N) is 2. The number of oxazole rings is 1. The van der Waals surface area contributed by atoms with Gasteiger partial charge in [-0.05, 0) is 58.1 Å². The van der Waals surface area contributed by atoms with E-state index >= 15 is 0 Å². The van der Waals surface area contributed by atoms with Crippen molar-refractivity contribution in [1.29, 1.82) is 0 Å². The van der Waals surface area contributed by atoms with Gasteiger partial charge in [-0.15, -0.1) is 0 Å². The maximum Gasteiger partial charge on any atom is 0.227 e. The minimum absolute atomic E-state index is 0.590. The SMILES string of the molecule is c1ccc(-c2cccc3c2oc2ccc4nc(-c5ccc(-n6c7ccccc7c7c8ccccc8ccc76)c6ccccc56)oc4c23)cc1. The number of aromatic nitrogens is 2. The maximum atomic E-state index is 6.73. The van der Waals surface area contributed by atoms with Crippen molar-refractivity contribution >= 4 is 76.4 Å². The van der Waals surface area contributed by atoms with Crippen molar-refractivity contribution in [3.8, 4) is 28.3 Å². The fourth-order valence-electron chi connectivity index (χ4n) is 7.89. The summed E-state index contributed by atoms with van der Waals surface area (Å²) >= 11 is 0. The quantitative estimate of drug-likeness (QED) is 0.196. The number of benzene rings is 8. The van der Waals surface area contributed by atoms with Gasteiger partial charge in [0.15, 0.2) is 5.58 Å². The molecule has 0 unspecified atom stereocenters. The van der Waals surface area contributed by atoms with Crippen LogP contribution in [0.25, 0.3) is 105 Å². The van der Waals surface area contributed by atoms with Crippen LogP contribution in [0.3, 0.4) is 0 Å². The fraction of sp³-hybridized carbons (Fsp3) is 0. The zero-order valence-corrected chi connectivity index (χ0v) is 26.2. The standard InChI is InChI=1S/C45H26N2O2/c1-2-11-27(12-3-1)30-18-10-19-35-42-40(48-43(30)35)26-23-36-44(42)49-45(46-36)33-22-25-38(32-16-7-6-15-31(32)33)47-37-20-9-8-17-34(37)41-29-14-5-4-13-28(29)21-24-39(41)47/h1-26H. The van der Waals surface area contributed by atoms with Crippen molar-refractivity contribution in [1.82, 2.24) is 9.55 Å². The second-order valence-electron chi connectivity index (χ2n) is 12.7. The van der Waals surface area contributed by atoms with Gasteiger partial charge in [0.25, 0.3) is 0 Å². The zero-order valence-electron chi connectivity index (χ0n) is 26.2. The highest BCUT2D eigenvalue weighted by Crippen LogP contribution is 2.43. The first-order valence-electron chi connectivity index (χ1n) is 16.6. The lowest BCUT2D eigenvalue weighted by Gasteiger charge is -2.13. The highest BCUT2D eigenvalue weighted by atomic mass is 16.4. The van der Waals surface area contributed by atoms with Crippen LogP contribution in [0.2, 0.25) is 0 Å². The number of hydrogen-bond acceptors (Lipinski definition) is 3. The molecule has 0 aliphatic rings. The molecule has 0 N–H and O–H groups in total. The van der Waals surface area contributed by atoms with Gasteiger partial charge in [-0.3, -0.25) is 0 Å². The molecule has 8 aromatic carbocycles. The van der Waals surface area contributed by atoms with Gasteiger partial charge in [-0.1, -0.05) is 121 Å². The Hall–Kier alpha value is -6.65. The molecular formula is C45H26N2O2. The summed E-state index contributed by atoms with van der Waals surface area (Å²) in [6, 6.07) is 55.4. The van der Waals surface area contributed by atoms with Crippen LogP contribution >= 0.6 is 0 Å². The molecule has 0 aliphatic carbocycles. The normalized spacial score (nSPS) is 12.1. The molecule has 3 aromatic heterocycles. The monoisotopic (exact) mass is 626 g/mol. The number of fused-ring (bicyclic) bond motifs is 11. The number of furan rings is 1. The highest BCUT2D eigenvalue weighted by molar-refractivity contribution is 6.22. The van der Waals surface area contributed by atoms with Crippen LogP contribution in [0.5, 0.6) is 0 Å². The van der Waals surface area contributed by atoms with Crippen molar-refractivity contribution < 1.29 is 8.83 Å². The van der Waals surface area contributed by atoms with E-state index in [1.807, 2.05) is 18.2 Å². The molecule has 0 aliphatic heterocycles. The van der Waals surface area contributed by atoms with E-state index in [9.17, 15) is 0 Å². The first kappa shape index (κ1) is 26.4. The molecule has 11 aromatic rings. The maximum absolute atomic E-state index is 6.73. The summed E-state index contributed by atoms with van der Waals surface area (Å²) < 4.78 is 15.6. The van der Waals surface area contributed by atoms with E-state index in [2.05, 4.69) is 144 Å². The van der Waals surface area contributed by atoms with Crippen LogP contribution < -0.4 is 0 Å². The van der Waals surface area contributed by atoms with Crippen molar-refractivity contribution in [3.05, 3.63) is 158 Å². The van der Waals surface area contributed by atoms with Crippen LogP contribution in [0.1, 0.15) is 0 Å². The van der Waals surface area contributed by atoms with Crippen molar-refractivity contribution in [2.24, 2.45) is 0 Å². The summed E-state index contributed by atoms with van der Waals surface area (Å²) in [5.41, 5.74) is 9.78. The van der Waals surface area contributed by atoms with Crippen molar-refractivity contribution in [2.45, 2.75) is 0 Å². The Labute approximate surface area is 280 Å². The molecule has 0 radical (unpaired) electrons. The minimum atomic E-state index is 0.590. The van der Waals surface area contributed by atoms with E-state index in [0.29, 0.717) is 5.89 Å². The Morgan fingerprint density at radius 2 is 1.18 bits per heavy atom. The van der Waals surface area contributed by atoms with E-state index in [0.717, 1.165) is 66.2 Å². The summed E-state index contributed by atoms with van der Waals surface area (Å²) in [5, 5.41) is 9.19. The molecule has 11 rings (SSSR count). The predicted octanol–water partition coefficient (Wildman–Crippen LogP) is 12.5. The van der Waals surface area contributed by atoms with Gasteiger partial charge >= 0.3 is 0 Å². The Bertz CT molecular complexity index is 3110. The average molecular weight is 627 g/mol. The van der Waals surface area contributed by atoms with Gasteiger partial charge in [0.1, 0.15) is 16.7 Å². The topological polar surface area (TPSA) is 44.1 Å². The lowest BCUT2D eigenvalue weighted by molar-refractivity contribution is 0.623. The smallest absolute Gasteiger partial charge is 0.227 e. The van der Waals surface area contributed by atoms with Crippen LogP contribution in [-0.2, 0) is 0 Å². The number of rotatable bonds is 3. The number of para-hydroxylation sites is 2. The van der Waals surface area contributed by atoms with Gasteiger partial charge in [-0.2, -0.15) is 0 Å². The van der Waals surface area contributed by atoms with Crippen molar-refractivity contribution in [3.63, 3.8) is 0 Å². The van der Waals surface area contributed by atoms with E-state index in [-0.39, 0.29) is 0 Å². The van der Waals surface area contributed by atoms with E-state index in [1.54, 1.807) is 0 Å². The van der Waals surface area contributed by atoms with Gasteiger partial charge in [-0.25, -0.2) is 4.98 Å². The fourth-order valence-corrected chi connectivity index (χ4v) is 7.89. The molecule has 0 spiro atoms. The molecule has 0 saturated carbocycles. The molecule has 49 heavy (non-hydrogen) atoms. The second-order valence-corrected chi connectivity index (χ2v) is 12.7. The van der Waals surface area contributed by atoms with Crippen LogP contribution in [0.4, 0.5) is 0 Å². The number of hydrogen-bond donors (Lipinski definition) is 0. The van der Waals surface area contributed by atoms with Gasteiger partial charge < -0.3 is 13.4 Å². The summed E-state index contributed by atoms with van der Waals surface area (Å²) in [4.78, 5) is 5.06. The first-order chi connectivity index (χ1) is 24.3. The predicted molar refractivity (Wildman–Crippen MR) is 202 cm³/mol. The molecule has 4 nitrogen and oxygen atoms in total. The molecular weight excluding hydrogens is 601 g/mol. The summed E-state index contributed by atoms with van der Waals surface area (Å²) in [7, 11) is 0. The lowest BCUT2D eigenvalue weighted by atomic mass is 10.0. The molecule has 0 atom stereocenters. The second kappa shape index (κ2) is 9.93. The highest BCUT2D eigenvalue weighted by Gasteiger charge is 2.21. The van der Waals surface area contributed by atoms with Crippen LogP contribution in [-0.4, -0.2) is 9.55 Å². The Morgan fingerprint density at radius 3 is 2.08 bits per heavy atom. The summed E-state index contributed by atoms with van der Waals surface area (Å²) in [6.45, 7) is 0. The summed E-state index contributed by atoms with van der Waals surface area (Å²) in [5.74, 6) is 0.590. The van der Waals surface area contributed by atoms with E-state index < -0.39 is 0 Å². The average Bonchev–Trinajstić information content (AvgIpc) is 3.86. The third-order valence-electron chi connectivity index (χ3n) is 10.0. The molecule has 0 saturated heterocycles. The molecule has 0 fully saturated rings. The Kier molecular flexibility index (Phi) is 5.35. The van der Waals surface area contributed by atoms with Crippen LogP contribution in [0.15, 0.2) is 167 Å².